The van der Waals surface area contributed by atoms with Gasteiger partial charge in [0.15, 0.2) is 0 Å². The number of hydrogen-bond donors (Lipinski definition) is 1. The van der Waals surface area contributed by atoms with E-state index >= 15 is 0 Å². The van der Waals surface area contributed by atoms with Crippen LogP contribution in [0.1, 0.15) is 33.6 Å². The number of piperidine rings is 1. The van der Waals surface area contributed by atoms with E-state index in [0.717, 1.165) is 13.0 Å². The van der Waals surface area contributed by atoms with Crippen LogP contribution in [-0.4, -0.2) is 24.4 Å². The Morgan fingerprint density at radius 1 is 1.57 bits per heavy atom. The molecule has 0 spiro atoms. The van der Waals surface area contributed by atoms with Crippen LogP contribution in [-0.2, 0) is 4.84 Å². The van der Waals surface area contributed by atoms with Crippen LogP contribution in [0.2, 0.25) is 0 Å². The number of oxime groups is 1. The van der Waals surface area contributed by atoms with Gasteiger partial charge in [0, 0.05) is 5.92 Å². The molecule has 2 aliphatic rings. The summed E-state index contributed by atoms with van der Waals surface area (Å²) in [6, 6.07) is 0.435. The fraction of sp³-hybridized carbons (Fsp3) is 0.909. The van der Waals surface area contributed by atoms with Gasteiger partial charge in [-0.25, -0.2) is 0 Å². The molecule has 3 heteroatoms. The summed E-state index contributed by atoms with van der Waals surface area (Å²) in [7, 11) is 0. The Kier molecular flexibility index (Phi) is 2.77. The van der Waals surface area contributed by atoms with Crippen molar-refractivity contribution in [1.29, 1.82) is 0 Å². The van der Waals surface area contributed by atoms with Crippen LogP contribution >= 0.6 is 0 Å². The van der Waals surface area contributed by atoms with Gasteiger partial charge in [0.25, 0.3) is 0 Å². The van der Waals surface area contributed by atoms with Crippen LogP contribution in [0.15, 0.2) is 5.16 Å². The fourth-order valence-electron chi connectivity index (χ4n) is 2.52. The van der Waals surface area contributed by atoms with E-state index in [1.54, 1.807) is 0 Å². The SMILES string of the molecule is CC[C@@H]1ON=C2[C@@H](C(C)C)NCC[C@@H]21. The number of nitrogens with zero attached hydrogens (tertiary/aromatic N) is 1. The summed E-state index contributed by atoms with van der Waals surface area (Å²) < 4.78 is 0. The first-order valence-corrected chi connectivity index (χ1v) is 5.71. The number of nitrogens with one attached hydrogen (secondary N) is 1. The lowest BCUT2D eigenvalue weighted by Gasteiger charge is -2.31. The van der Waals surface area contributed by atoms with Gasteiger partial charge in [0.2, 0.25) is 0 Å². The van der Waals surface area contributed by atoms with Gasteiger partial charge in [0.05, 0.1) is 11.8 Å². The van der Waals surface area contributed by atoms with Crippen LogP contribution in [0.4, 0.5) is 0 Å². The van der Waals surface area contributed by atoms with E-state index < -0.39 is 0 Å². The van der Waals surface area contributed by atoms with Crippen molar-refractivity contribution in [3.05, 3.63) is 0 Å². The molecule has 2 heterocycles. The Morgan fingerprint density at radius 3 is 3.00 bits per heavy atom. The molecule has 0 radical (unpaired) electrons. The molecule has 1 fully saturated rings. The Bertz CT molecular complexity index is 237. The molecule has 2 aliphatic heterocycles. The van der Waals surface area contributed by atoms with Crippen molar-refractivity contribution < 1.29 is 4.84 Å². The van der Waals surface area contributed by atoms with Crippen molar-refractivity contribution in [1.82, 2.24) is 5.32 Å². The van der Waals surface area contributed by atoms with Gasteiger partial charge in [-0.15, -0.1) is 0 Å². The molecule has 0 amide bonds. The van der Waals surface area contributed by atoms with Crippen molar-refractivity contribution in [2.24, 2.45) is 17.0 Å². The molecular formula is C11H20N2O. The monoisotopic (exact) mass is 196 g/mol. The second-order valence-electron chi connectivity index (χ2n) is 4.64. The molecule has 2 rings (SSSR count). The van der Waals surface area contributed by atoms with Gasteiger partial charge in [0.1, 0.15) is 6.10 Å². The van der Waals surface area contributed by atoms with Crippen molar-refractivity contribution in [3.8, 4) is 0 Å². The lowest BCUT2D eigenvalue weighted by molar-refractivity contribution is 0.0569. The maximum Gasteiger partial charge on any atom is 0.135 e. The topological polar surface area (TPSA) is 33.6 Å². The van der Waals surface area contributed by atoms with Crippen LogP contribution in [0.25, 0.3) is 0 Å². The summed E-state index contributed by atoms with van der Waals surface area (Å²) in [5.74, 6) is 1.18. The van der Waals surface area contributed by atoms with Crippen molar-refractivity contribution in [2.75, 3.05) is 6.54 Å². The second kappa shape index (κ2) is 3.89. The molecule has 0 aromatic carbocycles. The highest BCUT2D eigenvalue weighted by molar-refractivity contribution is 5.93. The Labute approximate surface area is 85.9 Å². The van der Waals surface area contributed by atoms with Gasteiger partial charge in [-0.05, 0) is 25.3 Å². The number of hydrogen-bond acceptors (Lipinski definition) is 3. The lowest BCUT2D eigenvalue weighted by atomic mass is 9.82. The third-order valence-corrected chi connectivity index (χ3v) is 3.33. The summed E-state index contributed by atoms with van der Waals surface area (Å²) in [6.07, 6.45) is 2.59. The maximum absolute atomic E-state index is 5.48. The highest BCUT2D eigenvalue weighted by Gasteiger charge is 2.40. The lowest BCUT2D eigenvalue weighted by Crippen LogP contribution is -2.50. The van der Waals surface area contributed by atoms with Gasteiger partial charge in [-0.1, -0.05) is 25.9 Å². The summed E-state index contributed by atoms with van der Waals surface area (Å²) in [5, 5.41) is 7.79. The van der Waals surface area contributed by atoms with Crippen LogP contribution < -0.4 is 5.32 Å². The van der Waals surface area contributed by atoms with Gasteiger partial charge in [-0.2, -0.15) is 0 Å². The molecular weight excluding hydrogens is 176 g/mol. The Balaban J connectivity index is 2.12. The molecule has 1 saturated heterocycles. The average Bonchev–Trinajstić information content (AvgIpc) is 2.59. The minimum absolute atomic E-state index is 0.341. The van der Waals surface area contributed by atoms with Crippen molar-refractivity contribution >= 4 is 5.71 Å². The molecule has 1 N–H and O–H groups in total. The minimum Gasteiger partial charge on any atom is -0.392 e. The zero-order chi connectivity index (χ0) is 10.1. The highest BCUT2D eigenvalue weighted by atomic mass is 16.6. The predicted octanol–water partition coefficient (Wildman–Crippen LogP) is 1.79. The van der Waals surface area contributed by atoms with Gasteiger partial charge in [-0.3, -0.25) is 0 Å². The first kappa shape index (κ1) is 9.97. The number of rotatable bonds is 2. The summed E-state index contributed by atoms with van der Waals surface area (Å²) >= 11 is 0. The smallest absolute Gasteiger partial charge is 0.135 e. The van der Waals surface area contributed by atoms with E-state index in [-0.39, 0.29) is 0 Å². The van der Waals surface area contributed by atoms with Crippen LogP contribution in [0.5, 0.6) is 0 Å². The largest absolute Gasteiger partial charge is 0.392 e. The first-order chi connectivity index (χ1) is 6.74. The quantitative estimate of drug-likeness (QED) is 0.730. The van der Waals surface area contributed by atoms with E-state index in [0.29, 0.717) is 24.0 Å². The molecule has 0 unspecified atom stereocenters. The minimum atomic E-state index is 0.341. The zero-order valence-corrected chi connectivity index (χ0v) is 9.29. The molecule has 14 heavy (non-hydrogen) atoms. The van der Waals surface area contributed by atoms with Crippen LogP contribution in [0, 0.1) is 11.8 Å². The third kappa shape index (κ3) is 1.54. The molecule has 0 bridgehead atoms. The summed E-state index contributed by atoms with van der Waals surface area (Å²) in [4.78, 5) is 5.48. The molecule has 80 valence electrons. The molecule has 3 atom stereocenters. The van der Waals surface area contributed by atoms with E-state index in [4.69, 9.17) is 4.84 Å². The molecule has 0 aliphatic carbocycles. The van der Waals surface area contributed by atoms with Crippen LogP contribution in [0.3, 0.4) is 0 Å². The Hall–Kier alpha value is -0.570. The van der Waals surface area contributed by atoms with Crippen molar-refractivity contribution in [3.63, 3.8) is 0 Å². The Morgan fingerprint density at radius 2 is 2.36 bits per heavy atom. The first-order valence-electron chi connectivity index (χ1n) is 5.71. The van der Waals surface area contributed by atoms with E-state index in [9.17, 15) is 0 Å². The molecule has 3 nitrogen and oxygen atoms in total. The highest BCUT2D eigenvalue weighted by Crippen LogP contribution is 2.30. The second-order valence-corrected chi connectivity index (χ2v) is 4.64. The normalized spacial score (nSPS) is 36.6. The molecule has 0 aromatic rings. The fourth-order valence-corrected chi connectivity index (χ4v) is 2.52. The molecule has 0 aromatic heterocycles. The molecule has 0 saturated carbocycles. The average molecular weight is 196 g/mol. The summed E-state index contributed by atoms with van der Waals surface area (Å²) in [5.41, 5.74) is 1.26. The van der Waals surface area contributed by atoms with Gasteiger partial charge >= 0.3 is 0 Å². The summed E-state index contributed by atoms with van der Waals surface area (Å²) in [6.45, 7) is 7.76. The maximum atomic E-state index is 5.48. The standard InChI is InChI=1S/C11H20N2O/c1-4-9-8-5-6-12-10(7(2)3)11(8)13-14-9/h7-10,12H,4-6H2,1-3H3/t8-,9+,10-/m1/s1. The number of fused-ring (bicyclic) bond motifs is 1. The van der Waals surface area contributed by atoms with E-state index in [1.165, 1.54) is 12.1 Å². The van der Waals surface area contributed by atoms with Gasteiger partial charge < -0.3 is 10.2 Å². The van der Waals surface area contributed by atoms with E-state index in [2.05, 4.69) is 31.2 Å². The van der Waals surface area contributed by atoms with E-state index in [1.807, 2.05) is 0 Å². The van der Waals surface area contributed by atoms with Crippen molar-refractivity contribution in [2.45, 2.75) is 45.8 Å². The third-order valence-electron chi connectivity index (χ3n) is 3.33. The zero-order valence-electron chi connectivity index (χ0n) is 9.29. The predicted molar refractivity (Wildman–Crippen MR) is 57.3 cm³/mol.